The number of primary amides is 1. The van der Waals surface area contributed by atoms with Crippen molar-refractivity contribution in [1.29, 1.82) is 0 Å². The Balaban J connectivity index is 0. The lowest BCUT2D eigenvalue weighted by Gasteiger charge is -2.27. The van der Waals surface area contributed by atoms with Crippen LogP contribution in [0.5, 0.6) is 0 Å². The highest BCUT2D eigenvalue weighted by molar-refractivity contribution is 5.80. The molecule has 0 aliphatic rings. The molecule has 0 bridgehead atoms. The molecule has 80 valence electrons. The van der Waals surface area contributed by atoms with Crippen LogP contribution in [0.1, 0.15) is 60.3 Å². The van der Waals surface area contributed by atoms with Gasteiger partial charge < -0.3 is 5.73 Å². The fourth-order valence-electron chi connectivity index (χ4n) is 1.55. The Labute approximate surface area is 82.9 Å². The van der Waals surface area contributed by atoms with Crippen LogP contribution in [0.2, 0.25) is 0 Å². The molecule has 0 spiro atoms. The van der Waals surface area contributed by atoms with Gasteiger partial charge in [0.1, 0.15) is 0 Å². The van der Waals surface area contributed by atoms with Crippen LogP contribution < -0.4 is 5.73 Å². The van der Waals surface area contributed by atoms with E-state index in [0.29, 0.717) is 0 Å². The fourth-order valence-corrected chi connectivity index (χ4v) is 1.55. The zero-order valence-corrected chi connectivity index (χ0v) is 9.81. The summed E-state index contributed by atoms with van der Waals surface area (Å²) in [4.78, 5) is 11.1. The van der Waals surface area contributed by atoms with Crippen LogP contribution in [-0.2, 0) is 4.79 Å². The molecule has 0 aromatic carbocycles. The summed E-state index contributed by atoms with van der Waals surface area (Å²) in [5.41, 5.74) is 5.11. The Hall–Kier alpha value is -0.530. The Morgan fingerprint density at radius 2 is 1.54 bits per heavy atom. The van der Waals surface area contributed by atoms with Gasteiger partial charge in [-0.15, -0.1) is 0 Å². The molecular weight excluding hydrogens is 162 g/mol. The number of amides is 1. The predicted octanol–water partition coefficient (Wildman–Crippen LogP) is 3.10. The number of hydrogen-bond donors (Lipinski definition) is 1. The van der Waals surface area contributed by atoms with Crippen molar-refractivity contribution >= 4 is 5.91 Å². The molecule has 0 fully saturated rings. The number of rotatable bonds is 5. The summed E-state index contributed by atoms with van der Waals surface area (Å²) in [7, 11) is 0. The van der Waals surface area contributed by atoms with Crippen molar-refractivity contribution in [2.75, 3.05) is 0 Å². The number of carbonyl (C=O) groups is 1. The van der Waals surface area contributed by atoms with Gasteiger partial charge in [0.05, 0.1) is 0 Å². The van der Waals surface area contributed by atoms with Gasteiger partial charge in [0.15, 0.2) is 0 Å². The minimum absolute atomic E-state index is 0.135. The van der Waals surface area contributed by atoms with Crippen molar-refractivity contribution < 1.29 is 4.79 Å². The molecule has 0 radical (unpaired) electrons. The second kappa shape index (κ2) is 8.09. The van der Waals surface area contributed by atoms with E-state index in [0.717, 1.165) is 25.7 Å². The number of carbonyl (C=O) groups excluding carboxylic acids is 1. The van der Waals surface area contributed by atoms with Crippen LogP contribution >= 0.6 is 0 Å². The van der Waals surface area contributed by atoms with Gasteiger partial charge in [-0.1, -0.05) is 41.0 Å². The minimum Gasteiger partial charge on any atom is -0.369 e. The van der Waals surface area contributed by atoms with Gasteiger partial charge in [0, 0.05) is 5.41 Å². The van der Waals surface area contributed by atoms with E-state index >= 15 is 0 Å². The van der Waals surface area contributed by atoms with Crippen molar-refractivity contribution in [1.82, 2.24) is 0 Å². The predicted molar refractivity (Wildman–Crippen MR) is 58.5 cm³/mol. The van der Waals surface area contributed by atoms with Gasteiger partial charge in [0.25, 0.3) is 0 Å². The third kappa shape index (κ3) is 4.30. The Bertz CT molecular complexity index is 128. The molecule has 2 nitrogen and oxygen atoms in total. The molecule has 0 aliphatic carbocycles. The summed E-state index contributed by atoms with van der Waals surface area (Å²) < 4.78 is 0. The summed E-state index contributed by atoms with van der Waals surface area (Å²) in [6, 6.07) is 0. The van der Waals surface area contributed by atoms with Gasteiger partial charge in [-0.25, -0.2) is 0 Å². The van der Waals surface area contributed by atoms with Crippen LogP contribution in [0, 0.1) is 5.41 Å². The van der Waals surface area contributed by atoms with E-state index < -0.39 is 0 Å². The molecule has 0 atom stereocenters. The van der Waals surface area contributed by atoms with Crippen LogP contribution in [-0.4, -0.2) is 5.91 Å². The fraction of sp³-hybridized carbons (Fsp3) is 0.909. The second-order valence-electron chi connectivity index (χ2n) is 3.10. The molecule has 0 unspecified atom stereocenters. The number of nitrogens with two attached hydrogens (primary N) is 1. The summed E-state index contributed by atoms with van der Waals surface area (Å²) in [5.74, 6) is -0.135. The molecule has 0 saturated carbocycles. The zero-order valence-electron chi connectivity index (χ0n) is 9.81. The third-order valence-corrected chi connectivity index (χ3v) is 2.60. The van der Waals surface area contributed by atoms with E-state index in [4.69, 9.17) is 5.73 Å². The SMILES string of the molecule is CC.CCCC(CC)(CC)C(N)=O. The lowest BCUT2D eigenvalue weighted by Crippen LogP contribution is -2.35. The summed E-state index contributed by atoms with van der Waals surface area (Å²) >= 11 is 0. The van der Waals surface area contributed by atoms with Crippen molar-refractivity contribution in [3.05, 3.63) is 0 Å². The van der Waals surface area contributed by atoms with E-state index in [1.807, 2.05) is 27.7 Å². The van der Waals surface area contributed by atoms with Crippen molar-refractivity contribution in [2.24, 2.45) is 11.1 Å². The normalized spacial score (nSPS) is 10.2. The summed E-state index contributed by atoms with van der Waals surface area (Å²) in [5, 5.41) is 0. The van der Waals surface area contributed by atoms with Crippen LogP contribution in [0.25, 0.3) is 0 Å². The van der Waals surface area contributed by atoms with E-state index in [9.17, 15) is 4.79 Å². The van der Waals surface area contributed by atoms with Crippen LogP contribution in [0.4, 0.5) is 0 Å². The van der Waals surface area contributed by atoms with E-state index in [2.05, 4.69) is 6.92 Å². The third-order valence-electron chi connectivity index (χ3n) is 2.60. The highest BCUT2D eigenvalue weighted by Gasteiger charge is 2.31. The van der Waals surface area contributed by atoms with E-state index in [1.165, 1.54) is 0 Å². The van der Waals surface area contributed by atoms with E-state index in [1.54, 1.807) is 0 Å². The topological polar surface area (TPSA) is 43.1 Å². The van der Waals surface area contributed by atoms with Crippen molar-refractivity contribution in [3.63, 3.8) is 0 Å². The molecule has 2 heteroatoms. The molecule has 0 rings (SSSR count). The Morgan fingerprint density at radius 3 is 1.62 bits per heavy atom. The maximum Gasteiger partial charge on any atom is 0.223 e. The highest BCUT2D eigenvalue weighted by Crippen LogP contribution is 2.31. The van der Waals surface area contributed by atoms with Crippen molar-refractivity contribution in [2.45, 2.75) is 60.3 Å². The molecule has 2 N–H and O–H groups in total. The first-order valence-corrected chi connectivity index (χ1v) is 5.42. The standard InChI is InChI=1S/C9H19NO.C2H6/c1-4-7-9(5-2,6-3)8(10)11;1-2/h4-7H2,1-3H3,(H2,10,11);1-2H3. The average Bonchev–Trinajstić information content (AvgIpc) is 2.17. The number of hydrogen-bond acceptors (Lipinski definition) is 1. The van der Waals surface area contributed by atoms with Gasteiger partial charge in [-0.05, 0) is 19.3 Å². The minimum atomic E-state index is -0.227. The van der Waals surface area contributed by atoms with Gasteiger partial charge in [-0.3, -0.25) is 4.79 Å². The maximum absolute atomic E-state index is 11.1. The average molecular weight is 187 g/mol. The molecule has 1 amide bonds. The molecule has 0 aromatic heterocycles. The summed E-state index contributed by atoms with van der Waals surface area (Å²) in [6.07, 6.45) is 3.69. The van der Waals surface area contributed by atoms with E-state index in [-0.39, 0.29) is 11.3 Å². The first-order valence-electron chi connectivity index (χ1n) is 5.42. The van der Waals surface area contributed by atoms with Crippen LogP contribution in [0.15, 0.2) is 0 Å². The zero-order chi connectivity index (χ0) is 10.9. The van der Waals surface area contributed by atoms with Crippen LogP contribution in [0.3, 0.4) is 0 Å². The van der Waals surface area contributed by atoms with Gasteiger partial charge >= 0.3 is 0 Å². The highest BCUT2D eigenvalue weighted by atomic mass is 16.1. The Morgan fingerprint density at radius 1 is 1.15 bits per heavy atom. The lowest BCUT2D eigenvalue weighted by atomic mass is 9.78. The molecular formula is C11H25NO. The quantitative estimate of drug-likeness (QED) is 0.706. The van der Waals surface area contributed by atoms with Gasteiger partial charge in [-0.2, -0.15) is 0 Å². The Kier molecular flexibility index (Phi) is 9.31. The monoisotopic (exact) mass is 187 g/mol. The molecule has 0 saturated heterocycles. The molecule has 0 heterocycles. The first-order chi connectivity index (χ1) is 6.13. The molecule has 0 aliphatic heterocycles. The largest absolute Gasteiger partial charge is 0.369 e. The second-order valence-corrected chi connectivity index (χ2v) is 3.10. The molecule has 13 heavy (non-hydrogen) atoms. The van der Waals surface area contributed by atoms with Gasteiger partial charge in [0.2, 0.25) is 5.91 Å². The first kappa shape index (κ1) is 15.0. The molecule has 0 aromatic rings. The smallest absolute Gasteiger partial charge is 0.223 e. The lowest BCUT2D eigenvalue weighted by molar-refractivity contribution is -0.128. The van der Waals surface area contributed by atoms with Crippen molar-refractivity contribution in [3.8, 4) is 0 Å². The maximum atomic E-state index is 11.1. The summed E-state index contributed by atoms with van der Waals surface area (Å²) in [6.45, 7) is 10.1.